The van der Waals surface area contributed by atoms with Crippen LogP contribution in [0.15, 0.2) is 0 Å². The van der Waals surface area contributed by atoms with Crippen LogP contribution < -0.4 is 5.32 Å². The van der Waals surface area contributed by atoms with Crippen molar-refractivity contribution >= 4 is 0 Å². The lowest BCUT2D eigenvalue weighted by Gasteiger charge is -2.35. The standard InChI is InChI=1S/C18H38N2/c1-6-17-9-8-11-20(12-10-17)15-18(5,7-2)14-19-13-16(3)4/h16-17,19H,6-15H2,1-5H3. The maximum absolute atomic E-state index is 3.67. The average Bonchev–Trinajstić information content (AvgIpc) is 2.63. The van der Waals surface area contributed by atoms with Crippen LogP contribution in [0, 0.1) is 17.3 Å². The molecule has 0 spiro atoms. The van der Waals surface area contributed by atoms with E-state index < -0.39 is 0 Å². The zero-order chi connectivity index (χ0) is 15.0. The number of hydrogen-bond donors (Lipinski definition) is 1. The van der Waals surface area contributed by atoms with E-state index >= 15 is 0 Å². The predicted molar refractivity (Wildman–Crippen MR) is 90.2 cm³/mol. The molecule has 0 aromatic heterocycles. The van der Waals surface area contributed by atoms with Crippen molar-refractivity contribution in [2.24, 2.45) is 17.3 Å². The van der Waals surface area contributed by atoms with Crippen molar-refractivity contribution in [1.82, 2.24) is 10.2 Å². The van der Waals surface area contributed by atoms with Crippen LogP contribution >= 0.6 is 0 Å². The zero-order valence-electron chi connectivity index (χ0n) is 14.7. The van der Waals surface area contributed by atoms with Gasteiger partial charge in [-0.2, -0.15) is 0 Å². The van der Waals surface area contributed by atoms with E-state index in [-0.39, 0.29) is 0 Å². The molecule has 0 amide bonds. The quantitative estimate of drug-likeness (QED) is 0.719. The molecular weight excluding hydrogens is 244 g/mol. The van der Waals surface area contributed by atoms with E-state index in [0.717, 1.165) is 24.9 Å². The minimum absolute atomic E-state index is 0.431. The van der Waals surface area contributed by atoms with Crippen LogP contribution in [0.25, 0.3) is 0 Å². The third-order valence-electron chi connectivity index (χ3n) is 5.08. The van der Waals surface area contributed by atoms with Gasteiger partial charge in [-0.05, 0) is 62.6 Å². The summed E-state index contributed by atoms with van der Waals surface area (Å²) < 4.78 is 0. The summed E-state index contributed by atoms with van der Waals surface area (Å²) in [4.78, 5) is 2.73. The van der Waals surface area contributed by atoms with E-state index in [1.165, 1.54) is 51.7 Å². The smallest absolute Gasteiger partial charge is 0.00474 e. The highest BCUT2D eigenvalue weighted by Gasteiger charge is 2.26. The molecular formula is C18H38N2. The Bertz CT molecular complexity index is 252. The van der Waals surface area contributed by atoms with Crippen LogP contribution in [-0.2, 0) is 0 Å². The summed E-state index contributed by atoms with van der Waals surface area (Å²) in [5, 5.41) is 3.67. The molecule has 0 radical (unpaired) electrons. The van der Waals surface area contributed by atoms with Gasteiger partial charge in [0.2, 0.25) is 0 Å². The first-order chi connectivity index (χ1) is 9.49. The molecule has 0 aliphatic carbocycles. The normalized spacial score (nSPS) is 24.6. The minimum Gasteiger partial charge on any atom is -0.316 e. The van der Waals surface area contributed by atoms with Gasteiger partial charge >= 0.3 is 0 Å². The van der Waals surface area contributed by atoms with E-state index in [0.29, 0.717) is 5.41 Å². The average molecular weight is 283 g/mol. The lowest BCUT2D eigenvalue weighted by atomic mass is 9.86. The number of hydrogen-bond acceptors (Lipinski definition) is 2. The molecule has 20 heavy (non-hydrogen) atoms. The van der Waals surface area contributed by atoms with Gasteiger partial charge < -0.3 is 10.2 Å². The maximum atomic E-state index is 3.67. The van der Waals surface area contributed by atoms with Crippen molar-refractivity contribution in [1.29, 1.82) is 0 Å². The van der Waals surface area contributed by atoms with Gasteiger partial charge in [0, 0.05) is 13.1 Å². The highest BCUT2D eigenvalue weighted by atomic mass is 15.1. The van der Waals surface area contributed by atoms with Crippen LogP contribution in [0.5, 0.6) is 0 Å². The number of likely N-dealkylation sites (tertiary alicyclic amines) is 1. The van der Waals surface area contributed by atoms with Gasteiger partial charge in [-0.25, -0.2) is 0 Å². The van der Waals surface area contributed by atoms with Gasteiger partial charge in [-0.1, -0.05) is 41.0 Å². The fourth-order valence-corrected chi connectivity index (χ4v) is 3.29. The number of nitrogens with one attached hydrogen (secondary N) is 1. The van der Waals surface area contributed by atoms with Gasteiger partial charge in [0.05, 0.1) is 0 Å². The molecule has 1 aliphatic rings. The van der Waals surface area contributed by atoms with Crippen molar-refractivity contribution in [2.75, 3.05) is 32.7 Å². The molecule has 2 nitrogen and oxygen atoms in total. The largest absolute Gasteiger partial charge is 0.316 e. The van der Waals surface area contributed by atoms with Gasteiger partial charge in [0.1, 0.15) is 0 Å². The highest BCUT2D eigenvalue weighted by Crippen LogP contribution is 2.26. The van der Waals surface area contributed by atoms with Gasteiger partial charge in [-0.15, -0.1) is 0 Å². The SMILES string of the molecule is CCC1CCCN(CC(C)(CC)CNCC(C)C)CC1. The molecule has 2 atom stereocenters. The van der Waals surface area contributed by atoms with Crippen molar-refractivity contribution in [3.05, 3.63) is 0 Å². The fourth-order valence-electron chi connectivity index (χ4n) is 3.29. The molecule has 1 aliphatic heterocycles. The van der Waals surface area contributed by atoms with Crippen molar-refractivity contribution in [2.45, 2.75) is 66.7 Å². The Morgan fingerprint density at radius 3 is 2.55 bits per heavy atom. The lowest BCUT2D eigenvalue weighted by Crippen LogP contribution is -2.43. The van der Waals surface area contributed by atoms with Gasteiger partial charge in [0.15, 0.2) is 0 Å². The molecule has 0 aromatic carbocycles. The Morgan fingerprint density at radius 2 is 1.95 bits per heavy atom. The van der Waals surface area contributed by atoms with Crippen LogP contribution in [0.2, 0.25) is 0 Å². The molecule has 0 bridgehead atoms. The summed E-state index contributed by atoms with van der Waals surface area (Å²) in [6.45, 7) is 18.0. The Balaban J connectivity index is 2.41. The Morgan fingerprint density at radius 1 is 1.20 bits per heavy atom. The third kappa shape index (κ3) is 6.58. The lowest BCUT2D eigenvalue weighted by molar-refractivity contribution is 0.156. The van der Waals surface area contributed by atoms with Crippen LogP contribution in [0.1, 0.15) is 66.7 Å². The summed E-state index contributed by atoms with van der Waals surface area (Å²) in [6.07, 6.45) is 6.90. The molecule has 1 N–H and O–H groups in total. The summed E-state index contributed by atoms with van der Waals surface area (Å²) in [5.41, 5.74) is 0.431. The van der Waals surface area contributed by atoms with Crippen LogP contribution in [0.4, 0.5) is 0 Å². The van der Waals surface area contributed by atoms with Crippen molar-refractivity contribution in [3.63, 3.8) is 0 Å². The van der Waals surface area contributed by atoms with Crippen molar-refractivity contribution in [3.8, 4) is 0 Å². The van der Waals surface area contributed by atoms with E-state index in [9.17, 15) is 0 Å². The Kier molecular flexibility index (Phi) is 8.13. The van der Waals surface area contributed by atoms with Crippen LogP contribution in [-0.4, -0.2) is 37.6 Å². The third-order valence-corrected chi connectivity index (χ3v) is 5.08. The highest BCUT2D eigenvalue weighted by molar-refractivity contribution is 4.81. The van der Waals surface area contributed by atoms with E-state index in [1.807, 2.05) is 0 Å². The second kappa shape index (κ2) is 9.04. The first kappa shape index (κ1) is 18.0. The predicted octanol–water partition coefficient (Wildman–Crippen LogP) is 4.16. The van der Waals surface area contributed by atoms with Crippen LogP contribution in [0.3, 0.4) is 0 Å². The first-order valence-corrected chi connectivity index (χ1v) is 8.92. The van der Waals surface area contributed by atoms with Crippen molar-refractivity contribution < 1.29 is 0 Å². The van der Waals surface area contributed by atoms with E-state index in [2.05, 4.69) is 44.8 Å². The summed E-state index contributed by atoms with van der Waals surface area (Å²) >= 11 is 0. The molecule has 120 valence electrons. The van der Waals surface area contributed by atoms with Gasteiger partial charge in [0.25, 0.3) is 0 Å². The summed E-state index contributed by atoms with van der Waals surface area (Å²) in [6, 6.07) is 0. The Hall–Kier alpha value is -0.0800. The van der Waals surface area contributed by atoms with E-state index in [4.69, 9.17) is 0 Å². The minimum atomic E-state index is 0.431. The first-order valence-electron chi connectivity index (χ1n) is 8.92. The topological polar surface area (TPSA) is 15.3 Å². The molecule has 0 saturated carbocycles. The molecule has 0 aromatic rings. The monoisotopic (exact) mass is 282 g/mol. The van der Waals surface area contributed by atoms with E-state index in [1.54, 1.807) is 0 Å². The molecule has 1 fully saturated rings. The molecule has 1 saturated heterocycles. The van der Waals surface area contributed by atoms with Gasteiger partial charge in [-0.3, -0.25) is 0 Å². The summed E-state index contributed by atoms with van der Waals surface area (Å²) in [5.74, 6) is 1.73. The molecule has 1 heterocycles. The molecule has 2 unspecified atom stereocenters. The Labute approximate surface area is 127 Å². The maximum Gasteiger partial charge on any atom is 0.00474 e. The molecule has 2 heteroatoms. The second-order valence-electron chi connectivity index (χ2n) is 7.67. The number of nitrogens with zero attached hydrogens (tertiary/aromatic N) is 1. The fraction of sp³-hybridized carbons (Fsp3) is 1.00. The molecule has 1 rings (SSSR count). The summed E-state index contributed by atoms with van der Waals surface area (Å²) in [7, 11) is 0. The zero-order valence-corrected chi connectivity index (χ0v) is 14.7. The number of rotatable bonds is 8. The second-order valence-corrected chi connectivity index (χ2v) is 7.67.